The molecule has 0 fully saturated rings. The Labute approximate surface area is 165 Å². The van der Waals surface area contributed by atoms with Crippen molar-refractivity contribution in [2.45, 2.75) is 89.8 Å². The van der Waals surface area contributed by atoms with E-state index in [4.69, 9.17) is 9.84 Å². The van der Waals surface area contributed by atoms with Gasteiger partial charge in [-0.1, -0.05) is 33.6 Å². The van der Waals surface area contributed by atoms with Gasteiger partial charge in [0.2, 0.25) is 0 Å². The molecule has 1 atom stereocenters. The quantitative estimate of drug-likeness (QED) is 0.374. The molecule has 0 aliphatic rings. The number of rotatable bonds is 11. The number of alkyl halides is 6. The highest BCUT2D eigenvalue weighted by Crippen LogP contribution is 2.45. The predicted molar refractivity (Wildman–Crippen MR) is 90.7 cm³/mol. The highest BCUT2D eigenvalue weighted by atomic mass is 19.4. The second-order valence-corrected chi connectivity index (χ2v) is 7.11. The minimum absolute atomic E-state index is 0.0114. The van der Waals surface area contributed by atoms with Crippen LogP contribution < -0.4 is 0 Å². The van der Waals surface area contributed by atoms with Crippen molar-refractivity contribution in [1.82, 2.24) is 0 Å². The summed E-state index contributed by atoms with van der Waals surface area (Å²) in [6, 6.07) is 0. The Balaban J connectivity index is 5.06. The molecule has 0 rings (SSSR count). The molecule has 1 N–H and O–H groups in total. The highest BCUT2D eigenvalue weighted by molar-refractivity contribution is 5.77. The molecule has 0 amide bonds. The molecule has 0 aromatic heterocycles. The van der Waals surface area contributed by atoms with E-state index in [9.17, 15) is 35.9 Å². The van der Waals surface area contributed by atoms with Crippen LogP contribution in [0.3, 0.4) is 0 Å². The maximum atomic E-state index is 12.6. The van der Waals surface area contributed by atoms with Gasteiger partial charge in [0.05, 0.1) is 6.42 Å². The number of aliphatic hydroxyl groups is 1. The number of carbonyl (C=O) groups is 2. The average Bonchev–Trinajstić information content (AvgIpc) is 2.57. The zero-order valence-corrected chi connectivity index (χ0v) is 16.9. The highest BCUT2D eigenvalue weighted by Gasteiger charge is 2.71. The number of hydrogen-bond acceptors (Lipinski definition) is 5. The summed E-state index contributed by atoms with van der Waals surface area (Å²) in [5.41, 5.74) is -6.19. The molecule has 11 heteroatoms. The predicted octanol–water partition coefficient (Wildman–Crippen LogP) is 4.70. The zero-order chi connectivity index (χ0) is 23.1. The second-order valence-electron chi connectivity index (χ2n) is 7.11. The summed E-state index contributed by atoms with van der Waals surface area (Å²) < 4.78 is 85.1. The smallest absolute Gasteiger partial charge is 0.426 e. The Morgan fingerprint density at radius 3 is 1.69 bits per heavy atom. The maximum Gasteiger partial charge on any atom is 0.426 e. The van der Waals surface area contributed by atoms with E-state index in [2.05, 4.69) is 4.74 Å². The van der Waals surface area contributed by atoms with Crippen LogP contribution in [-0.2, 0) is 19.1 Å². The van der Waals surface area contributed by atoms with Crippen molar-refractivity contribution >= 4 is 11.9 Å². The summed E-state index contributed by atoms with van der Waals surface area (Å²) in [6.45, 7) is 6.18. The molecule has 0 aromatic rings. The van der Waals surface area contributed by atoms with Gasteiger partial charge in [-0.05, 0) is 32.1 Å². The van der Waals surface area contributed by atoms with E-state index in [1.54, 1.807) is 13.8 Å². The fourth-order valence-electron chi connectivity index (χ4n) is 2.95. The van der Waals surface area contributed by atoms with Crippen molar-refractivity contribution in [2.75, 3.05) is 6.61 Å². The van der Waals surface area contributed by atoms with E-state index in [1.165, 1.54) is 0 Å². The Kier molecular flexibility index (Phi) is 9.94. The van der Waals surface area contributed by atoms with Crippen LogP contribution in [0.1, 0.15) is 66.2 Å². The van der Waals surface area contributed by atoms with Crippen LogP contribution in [0.15, 0.2) is 0 Å². The molecule has 0 spiro atoms. The van der Waals surface area contributed by atoms with Crippen LogP contribution in [0.25, 0.3) is 0 Å². The summed E-state index contributed by atoms with van der Waals surface area (Å²) in [5, 5.41) is 8.97. The van der Waals surface area contributed by atoms with Crippen molar-refractivity contribution in [3.05, 3.63) is 0 Å². The Morgan fingerprint density at radius 1 is 0.897 bits per heavy atom. The van der Waals surface area contributed by atoms with E-state index in [0.717, 1.165) is 25.7 Å². The zero-order valence-electron chi connectivity index (χ0n) is 16.9. The van der Waals surface area contributed by atoms with E-state index in [-0.39, 0.29) is 5.92 Å². The van der Waals surface area contributed by atoms with Crippen LogP contribution in [0.4, 0.5) is 26.3 Å². The number of carbonyl (C=O) groups excluding carboxylic acids is 2. The molecule has 172 valence electrons. The first kappa shape index (κ1) is 27.5. The standard InChI is InChI=1S/C18H28F6O5/c1-5-8-12(9-6-2)15(4,7-3)29-14(26)11-28-13(25)10-16(27,17(19,20)21)18(22,23)24/h12,27H,5-11H2,1-4H3. The van der Waals surface area contributed by atoms with E-state index in [0.29, 0.717) is 6.42 Å². The SMILES string of the molecule is CCCC(CCC)C(C)(CC)OC(=O)COC(=O)CC(O)(C(F)(F)F)C(F)(F)F. The molecule has 0 bridgehead atoms. The third kappa shape index (κ3) is 7.35. The number of ether oxygens (including phenoxy) is 2. The molecular weight excluding hydrogens is 410 g/mol. The number of hydrogen-bond donors (Lipinski definition) is 1. The van der Waals surface area contributed by atoms with Gasteiger partial charge in [-0.3, -0.25) is 4.79 Å². The molecule has 0 aromatic carbocycles. The summed E-state index contributed by atoms with van der Waals surface area (Å²) in [4.78, 5) is 23.4. The van der Waals surface area contributed by atoms with Crippen molar-refractivity contribution in [3.63, 3.8) is 0 Å². The molecule has 29 heavy (non-hydrogen) atoms. The third-order valence-electron chi connectivity index (χ3n) is 4.88. The molecule has 5 nitrogen and oxygen atoms in total. The first-order chi connectivity index (χ1) is 13.1. The van der Waals surface area contributed by atoms with Gasteiger partial charge in [-0.15, -0.1) is 0 Å². The monoisotopic (exact) mass is 438 g/mol. The Hall–Kier alpha value is -1.52. The van der Waals surface area contributed by atoms with Crippen molar-refractivity contribution in [1.29, 1.82) is 0 Å². The molecule has 0 saturated carbocycles. The minimum Gasteiger partial charge on any atom is -0.457 e. The number of esters is 2. The fourth-order valence-corrected chi connectivity index (χ4v) is 2.95. The summed E-state index contributed by atoms with van der Waals surface area (Å²) in [7, 11) is 0. The maximum absolute atomic E-state index is 12.6. The third-order valence-corrected chi connectivity index (χ3v) is 4.88. The summed E-state index contributed by atoms with van der Waals surface area (Å²) >= 11 is 0. The van der Waals surface area contributed by atoms with E-state index in [1.807, 2.05) is 13.8 Å². The largest absolute Gasteiger partial charge is 0.457 e. The van der Waals surface area contributed by atoms with Crippen molar-refractivity contribution < 1.29 is 50.5 Å². The van der Waals surface area contributed by atoms with Gasteiger partial charge in [-0.2, -0.15) is 26.3 Å². The van der Waals surface area contributed by atoms with Gasteiger partial charge in [0, 0.05) is 0 Å². The van der Waals surface area contributed by atoms with Gasteiger partial charge in [0.15, 0.2) is 6.61 Å². The molecule has 1 unspecified atom stereocenters. The van der Waals surface area contributed by atoms with Crippen LogP contribution in [0.5, 0.6) is 0 Å². The van der Waals surface area contributed by atoms with Gasteiger partial charge in [-0.25, -0.2) is 4.79 Å². The molecule has 0 aliphatic heterocycles. The van der Waals surface area contributed by atoms with Crippen LogP contribution in [0.2, 0.25) is 0 Å². The van der Waals surface area contributed by atoms with Crippen molar-refractivity contribution in [3.8, 4) is 0 Å². The van der Waals surface area contributed by atoms with E-state index < -0.39 is 48.5 Å². The van der Waals surface area contributed by atoms with Crippen LogP contribution >= 0.6 is 0 Å². The van der Waals surface area contributed by atoms with Crippen molar-refractivity contribution in [2.24, 2.45) is 5.92 Å². The van der Waals surface area contributed by atoms with Crippen LogP contribution in [-0.4, -0.2) is 47.2 Å². The Bertz CT molecular complexity index is 526. The lowest BCUT2D eigenvalue weighted by atomic mass is 9.80. The summed E-state index contributed by atoms with van der Waals surface area (Å²) in [5.74, 6) is -3.14. The fraction of sp³-hybridized carbons (Fsp3) is 0.889. The molecule has 0 saturated heterocycles. The van der Waals surface area contributed by atoms with Crippen LogP contribution in [0, 0.1) is 5.92 Å². The van der Waals surface area contributed by atoms with Gasteiger partial charge in [0.1, 0.15) is 5.60 Å². The lowest BCUT2D eigenvalue weighted by Gasteiger charge is -2.36. The molecular formula is C18H28F6O5. The molecule has 0 aliphatic carbocycles. The average molecular weight is 438 g/mol. The topological polar surface area (TPSA) is 72.8 Å². The molecule has 0 radical (unpaired) electrons. The first-order valence-corrected chi connectivity index (χ1v) is 9.31. The molecule has 0 heterocycles. The van der Waals surface area contributed by atoms with E-state index >= 15 is 0 Å². The normalized spacial score (nSPS) is 15.2. The Morgan fingerprint density at radius 2 is 1.34 bits per heavy atom. The number of halogens is 6. The van der Waals surface area contributed by atoms with Gasteiger partial charge < -0.3 is 14.6 Å². The second kappa shape index (κ2) is 10.5. The first-order valence-electron chi connectivity index (χ1n) is 9.31. The van der Waals surface area contributed by atoms with Gasteiger partial charge >= 0.3 is 24.3 Å². The summed E-state index contributed by atoms with van der Waals surface area (Å²) in [6.07, 6.45) is -11.2. The van der Waals surface area contributed by atoms with Gasteiger partial charge in [0.25, 0.3) is 5.60 Å². The minimum atomic E-state index is -6.15. The lowest BCUT2D eigenvalue weighted by Crippen LogP contribution is -2.58. The lowest BCUT2D eigenvalue weighted by molar-refractivity contribution is -0.368.